The van der Waals surface area contributed by atoms with Crippen molar-refractivity contribution in [2.24, 2.45) is 32.4 Å². The molecule has 114 valence electrons. The zero-order valence-electron chi connectivity index (χ0n) is 11.3. The second-order valence-corrected chi connectivity index (χ2v) is 5.27. The van der Waals surface area contributed by atoms with Gasteiger partial charge in [0.15, 0.2) is 11.9 Å². The fraction of sp³-hybridized carbons (Fsp3) is 0.583. The van der Waals surface area contributed by atoms with Crippen LogP contribution in [0.15, 0.2) is 27.6 Å². The molecule has 0 aromatic rings. The number of hydrogen-bond acceptors (Lipinski definition) is 9. The number of aliphatic hydroxyl groups is 2. The average molecular weight is 294 g/mol. The van der Waals surface area contributed by atoms with Crippen molar-refractivity contribution in [3.8, 4) is 0 Å². The molecule has 9 nitrogen and oxygen atoms in total. The van der Waals surface area contributed by atoms with Gasteiger partial charge in [-0.3, -0.25) is 10.7 Å². The molecule has 0 aromatic heterocycles. The van der Waals surface area contributed by atoms with E-state index in [-0.39, 0.29) is 6.04 Å². The van der Waals surface area contributed by atoms with Crippen molar-refractivity contribution < 1.29 is 14.9 Å². The van der Waals surface area contributed by atoms with E-state index in [0.717, 1.165) is 0 Å². The van der Waals surface area contributed by atoms with Crippen LogP contribution in [-0.4, -0.2) is 70.5 Å². The Kier molecular flexibility index (Phi) is 3.29. The lowest BCUT2D eigenvalue weighted by Crippen LogP contribution is -2.53. The number of aliphatic imine (C=N–C) groups is 3. The van der Waals surface area contributed by atoms with Crippen LogP contribution in [0.1, 0.15) is 0 Å². The van der Waals surface area contributed by atoms with E-state index in [9.17, 15) is 10.2 Å². The molecule has 0 amide bonds. The minimum Gasteiger partial charge on any atom is -0.392 e. The highest BCUT2D eigenvalue weighted by Gasteiger charge is 2.55. The van der Waals surface area contributed by atoms with Crippen molar-refractivity contribution in [1.82, 2.24) is 4.90 Å². The molecule has 0 bridgehead atoms. The summed E-state index contributed by atoms with van der Waals surface area (Å²) >= 11 is 0. The Bertz CT molecular complexity index is 535. The van der Waals surface area contributed by atoms with E-state index in [1.807, 2.05) is 0 Å². The van der Waals surface area contributed by atoms with Gasteiger partial charge >= 0.3 is 0 Å². The molecule has 6 atom stereocenters. The summed E-state index contributed by atoms with van der Waals surface area (Å²) in [5.74, 6) is -0.133. The smallest absolute Gasteiger partial charge is 0.169 e. The first-order valence-corrected chi connectivity index (χ1v) is 6.55. The molecule has 1 saturated heterocycles. The Labute approximate surface area is 121 Å². The number of amidine groups is 1. The second-order valence-electron chi connectivity index (χ2n) is 5.27. The van der Waals surface area contributed by atoms with Crippen LogP contribution in [0.5, 0.6) is 0 Å². The third-order valence-electron chi connectivity index (χ3n) is 4.03. The maximum atomic E-state index is 10.2. The Hall–Kier alpha value is -1.81. The summed E-state index contributed by atoms with van der Waals surface area (Å²) in [5.41, 5.74) is 10.1. The SMILES string of the molecule is C=C[C@@H]1[C@H](N2C=NC3C(N)=NC=NC32)O[C@](N)(CO)[C@H]1O. The predicted molar refractivity (Wildman–Crippen MR) is 76.6 cm³/mol. The van der Waals surface area contributed by atoms with E-state index in [2.05, 4.69) is 21.6 Å². The summed E-state index contributed by atoms with van der Waals surface area (Å²) in [6.07, 6.45) is 2.34. The lowest BCUT2D eigenvalue weighted by Gasteiger charge is -2.33. The fourth-order valence-electron chi connectivity index (χ4n) is 2.80. The third-order valence-corrected chi connectivity index (χ3v) is 4.03. The van der Waals surface area contributed by atoms with E-state index in [1.54, 1.807) is 17.3 Å². The zero-order chi connectivity index (χ0) is 15.2. The third kappa shape index (κ3) is 1.97. The van der Waals surface area contributed by atoms with Crippen molar-refractivity contribution in [3.05, 3.63) is 12.7 Å². The van der Waals surface area contributed by atoms with Gasteiger partial charge < -0.3 is 25.6 Å². The lowest BCUT2D eigenvalue weighted by molar-refractivity contribution is -0.134. The van der Waals surface area contributed by atoms with Crippen LogP contribution < -0.4 is 11.5 Å². The van der Waals surface area contributed by atoms with Crippen molar-refractivity contribution in [2.75, 3.05) is 6.61 Å². The summed E-state index contributed by atoms with van der Waals surface area (Å²) in [6, 6.07) is -0.386. The first-order valence-electron chi connectivity index (χ1n) is 6.55. The van der Waals surface area contributed by atoms with E-state index >= 15 is 0 Å². The highest BCUT2D eigenvalue weighted by Crippen LogP contribution is 2.37. The number of aliphatic hydroxyl groups excluding tert-OH is 2. The highest BCUT2D eigenvalue weighted by atomic mass is 16.6. The van der Waals surface area contributed by atoms with Crippen LogP contribution in [0.2, 0.25) is 0 Å². The van der Waals surface area contributed by atoms with Crippen LogP contribution >= 0.6 is 0 Å². The van der Waals surface area contributed by atoms with E-state index in [1.165, 1.54) is 6.34 Å². The number of nitrogens with two attached hydrogens (primary N) is 2. The Morgan fingerprint density at radius 2 is 2.29 bits per heavy atom. The Balaban J connectivity index is 1.88. The number of ether oxygens (including phenoxy) is 1. The first kappa shape index (κ1) is 14.1. The molecule has 3 heterocycles. The Morgan fingerprint density at radius 1 is 1.52 bits per heavy atom. The molecular weight excluding hydrogens is 276 g/mol. The maximum Gasteiger partial charge on any atom is 0.169 e. The standard InChI is InChI=1S/C12H18N6O3/c1-2-6-8(20)12(14,3-19)21-11(6)18-5-17-7-9(13)15-4-16-10(7)18/h2,4-8,10-11,19-20H,1,3,14H2,(H2,13,15,16)/t6-,7?,8-,10?,11+,12+/m0/s1. The lowest BCUT2D eigenvalue weighted by atomic mass is 9.96. The van der Waals surface area contributed by atoms with Crippen molar-refractivity contribution >= 4 is 18.5 Å². The van der Waals surface area contributed by atoms with Gasteiger partial charge in [-0.2, -0.15) is 0 Å². The maximum absolute atomic E-state index is 10.2. The molecule has 3 aliphatic rings. The molecule has 3 aliphatic heterocycles. The van der Waals surface area contributed by atoms with Crippen LogP contribution in [0.4, 0.5) is 0 Å². The van der Waals surface area contributed by atoms with Crippen LogP contribution in [0.25, 0.3) is 0 Å². The molecule has 21 heavy (non-hydrogen) atoms. The predicted octanol–water partition coefficient (Wildman–Crippen LogP) is -2.41. The quantitative estimate of drug-likeness (QED) is 0.427. The molecule has 3 rings (SSSR count). The van der Waals surface area contributed by atoms with Gasteiger partial charge in [0.1, 0.15) is 30.5 Å². The summed E-state index contributed by atoms with van der Waals surface area (Å²) in [6.45, 7) is 3.19. The number of hydrogen-bond donors (Lipinski definition) is 4. The van der Waals surface area contributed by atoms with Crippen molar-refractivity contribution in [2.45, 2.75) is 30.3 Å². The number of fused-ring (bicyclic) bond motifs is 1. The van der Waals surface area contributed by atoms with E-state index in [4.69, 9.17) is 16.2 Å². The first-order chi connectivity index (χ1) is 10.0. The molecule has 6 N–H and O–H groups in total. The molecule has 0 spiro atoms. The molecule has 0 saturated carbocycles. The topological polar surface area (TPSA) is 142 Å². The molecular formula is C12H18N6O3. The highest BCUT2D eigenvalue weighted by molar-refractivity contribution is 5.96. The van der Waals surface area contributed by atoms with Gasteiger partial charge in [-0.05, 0) is 0 Å². The average Bonchev–Trinajstić information content (AvgIpc) is 3.01. The summed E-state index contributed by atoms with van der Waals surface area (Å²) < 4.78 is 5.67. The van der Waals surface area contributed by atoms with E-state index in [0.29, 0.717) is 5.84 Å². The molecule has 1 fully saturated rings. The number of nitrogens with zero attached hydrogens (tertiary/aromatic N) is 4. The zero-order valence-corrected chi connectivity index (χ0v) is 11.3. The Morgan fingerprint density at radius 3 is 2.95 bits per heavy atom. The minimum absolute atomic E-state index is 0.364. The monoisotopic (exact) mass is 294 g/mol. The molecule has 0 aromatic carbocycles. The molecule has 2 unspecified atom stereocenters. The van der Waals surface area contributed by atoms with Gasteiger partial charge in [-0.15, -0.1) is 6.58 Å². The van der Waals surface area contributed by atoms with Gasteiger partial charge in [0.05, 0.1) is 18.9 Å². The summed E-state index contributed by atoms with van der Waals surface area (Å²) in [5, 5.41) is 19.6. The van der Waals surface area contributed by atoms with Gasteiger partial charge in [0, 0.05) is 0 Å². The molecule has 9 heteroatoms. The van der Waals surface area contributed by atoms with E-state index < -0.39 is 36.7 Å². The number of rotatable bonds is 3. The second kappa shape index (κ2) is 4.88. The minimum atomic E-state index is -1.55. The van der Waals surface area contributed by atoms with Crippen molar-refractivity contribution in [3.63, 3.8) is 0 Å². The van der Waals surface area contributed by atoms with Crippen LogP contribution in [-0.2, 0) is 4.74 Å². The van der Waals surface area contributed by atoms with Gasteiger partial charge in [-0.25, -0.2) is 9.98 Å². The van der Waals surface area contributed by atoms with Crippen LogP contribution in [0.3, 0.4) is 0 Å². The fourth-order valence-corrected chi connectivity index (χ4v) is 2.80. The molecule has 0 radical (unpaired) electrons. The van der Waals surface area contributed by atoms with Gasteiger partial charge in [0.25, 0.3) is 0 Å². The normalized spacial score (nSPS) is 44.8. The molecule has 0 aliphatic carbocycles. The summed E-state index contributed by atoms with van der Waals surface area (Å²) in [7, 11) is 0. The van der Waals surface area contributed by atoms with Gasteiger partial charge in [-0.1, -0.05) is 6.08 Å². The van der Waals surface area contributed by atoms with Crippen LogP contribution in [0, 0.1) is 5.92 Å². The van der Waals surface area contributed by atoms with Gasteiger partial charge in [0.2, 0.25) is 0 Å². The van der Waals surface area contributed by atoms with Crippen molar-refractivity contribution in [1.29, 1.82) is 0 Å². The summed E-state index contributed by atoms with van der Waals surface area (Å²) in [4.78, 5) is 14.1. The largest absolute Gasteiger partial charge is 0.392 e.